The van der Waals surface area contributed by atoms with Crippen molar-refractivity contribution in [1.29, 1.82) is 0 Å². The first-order valence-corrected chi connectivity index (χ1v) is 7.09. The maximum Gasteiger partial charge on any atom is 0.271 e. The molecule has 1 aliphatic rings. The third-order valence-corrected chi connectivity index (χ3v) is 3.96. The number of hydrogen-bond acceptors (Lipinski definition) is 4. The fourth-order valence-corrected chi connectivity index (χ4v) is 2.58. The Morgan fingerprint density at radius 1 is 1.38 bits per heavy atom. The van der Waals surface area contributed by atoms with Gasteiger partial charge in [-0.15, -0.1) is 0 Å². The molecule has 0 radical (unpaired) electrons. The summed E-state index contributed by atoms with van der Waals surface area (Å²) in [6.45, 7) is 3.73. The summed E-state index contributed by atoms with van der Waals surface area (Å²) < 4.78 is 5.95. The number of likely N-dealkylation sites (N-methyl/N-ethyl adjacent to an activating group) is 1. The number of ether oxygens (including phenoxy) is 1. The van der Waals surface area contributed by atoms with E-state index in [0.717, 1.165) is 0 Å². The van der Waals surface area contributed by atoms with Crippen molar-refractivity contribution < 1.29 is 14.3 Å². The second-order valence-electron chi connectivity index (χ2n) is 5.06. The van der Waals surface area contributed by atoms with E-state index < -0.39 is 5.60 Å². The van der Waals surface area contributed by atoms with Crippen molar-refractivity contribution in [3.8, 4) is 5.75 Å². The van der Waals surface area contributed by atoms with Gasteiger partial charge >= 0.3 is 0 Å². The molecule has 2 amide bonds. The number of nitrogens with zero attached hydrogens (tertiary/aromatic N) is 1. The van der Waals surface area contributed by atoms with Gasteiger partial charge in [0.05, 0.1) is 5.69 Å². The summed E-state index contributed by atoms with van der Waals surface area (Å²) in [7, 11) is 1.54. The van der Waals surface area contributed by atoms with E-state index in [9.17, 15) is 9.59 Å². The number of nitrogens with one attached hydrogen (secondary N) is 1. The molecular weight excluding hydrogens is 270 g/mol. The second-order valence-corrected chi connectivity index (χ2v) is 5.06. The first-order chi connectivity index (χ1) is 9.99. The van der Waals surface area contributed by atoms with Crippen LogP contribution in [0.15, 0.2) is 18.2 Å². The SMILES string of the molecule is CCC1(CC)Oc2cccc(N)c2N(CC(=O)NC)C1=O. The molecule has 6 nitrogen and oxygen atoms in total. The van der Waals surface area contributed by atoms with E-state index >= 15 is 0 Å². The lowest BCUT2D eigenvalue weighted by Crippen LogP contribution is -2.57. The number of para-hydroxylation sites is 1. The smallest absolute Gasteiger partial charge is 0.271 e. The number of benzene rings is 1. The summed E-state index contributed by atoms with van der Waals surface area (Å²) in [5.41, 5.74) is 5.94. The highest BCUT2D eigenvalue weighted by Gasteiger charge is 2.46. The monoisotopic (exact) mass is 291 g/mol. The van der Waals surface area contributed by atoms with Gasteiger partial charge in [-0.3, -0.25) is 14.5 Å². The van der Waals surface area contributed by atoms with E-state index in [1.54, 1.807) is 18.2 Å². The van der Waals surface area contributed by atoms with E-state index in [1.165, 1.54) is 11.9 Å². The fourth-order valence-electron chi connectivity index (χ4n) is 2.58. The quantitative estimate of drug-likeness (QED) is 0.819. The van der Waals surface area contributed by atoms with Gasteiger partial charge in [0, 0.05) is 7.05 Å². The van der Waals surface area contributed by atoms with Gasteiger partial charge in [0.15, 0.2) is 5.60 Å². The third kappa shape index (κ3) is 2.41. The Bertz CT molecular complexity index is 567. The molecular formula is C15H21N3O3. The zero-order valence-electron chi connectivity index (χ0n) is 12.6. The molecule has 1 aromatic carbocycles. The zero-order valence-corrected chi connectivity index (χ0v) is 12.6. The highest BCUT2D eigenvalue weighted by Crippen LogP contribution is 2.43. The van der Waals surface area contributed by atoms with Crippen LogP contribution in [0.1, 0.15) is 26.7 Å². The predicted octanol–water partition coefficient (Wildman–Crippen LogP) is 1.30. The maximum atomic E-state index is 12.8. The van der Waals surface area contributed by atoms with Crippen molar-refractivity contribution in [1.82, 2.24) is 5.32 Å². The summed E-state index contributed by atoms with van der Waals surface area (Å²) in [5, 5.41) is 2.53. The molecule has 1 heterocycles. The number of nitrogens with two attached hydrogens (primary N) is 1. The van der Waals surface area contributed by atoms with Crippen LogP contribution in [0, 0.1) is 0 Å². The van der Waals surface area contributed by atoms with E-state index in [2.05, 4.69) is 5.32 Å². The van der Waals surface area contributed by atoms with Crippen LogP contribution >= 0.6 is 0 Å². The molecule has 0 spiro atoms. The minimum atomic E-state index is -0.936. The van der Waals surface area contributed by atoms with Crippen molar-refractivity contribution >= 4 is 23.2 Å². The lowest BCUT2D eigenvalue weighted by molar-refractivity contribution is -0.137. The van der Waals surface area contributed by atoms with Crippen LogP contribution in [0.2, 0.25) is 0 Å². The molecule has 21 heavy (non-hydrogen) atoms. The molecule has 0 atom stereocenters. The Kier molecular flexibility index (Phi) is 4.06. The summed E-state index contributed by atoms with van der Waals surface area (Å²) >= 11 is 0. The summed E-state index contributed by atoms with van der Waals surface area (Å²) in [6.07, 6.45) is 1.06. The van der Waals surface area contributed by atoms with Crippen LogP contribution in [0.25, 0.3) is 0 Å². The second kappa shape index (κ2) is 5.63. The van der Waals surface area contributed by atoms with Crippen molar-refractivity contribution in [2.75, 3.05) is 24.2 Å². The molecule has 1 aromatic rings. The van der Waals surface area contributed by atoms with Gasteiger partial charge < -0.3 is 15.8 Å². The first-order valence-electron chi connectivity index (χ1n) is 7.09. The Morgan fingerprint density at radius 3 is 2.62 bits per heavy atom. The van der Waals surface area contributed by atoms with Crippen molar-refractivity contribution in [2.24, 2.45) is 0 Å². The molecule has 114 valence electrons. The Balaban J connectivity index is 2.55. The molecule has 1 aliphatic heterocycles. The van der Waals surface area contributed by atoms with Gasteiger partial charge in [-0.05, 0) is 25.0 Å². The first kappa shape index (κ1) is 15.2. The number of hydrogen-bond donors (Lipinski definition) is 2. The molecule has 0 saturated carbocycles. The molecule has 0 aromatic heterocycles. The maximum absolute atomic E-state index is 12.8. The zero-order chi connectivity index (χ0) is 15.6. The van der Waals surface area contributed by atoms with Crippen LogP contribution in [-0.2, 0) is 9.59 Å². The van der Waals surface area contributed by atoms with Crippen molar-refractivity contribution in [3.63, 3.8) is 0 Å². The van der Waals surface area contributed by atoms with Gasteiger partial charge in [0.25, 0.3) is 5.91 Å². The summed E-state index contributed by atoms with van der Waals surface area (Å²) in [6, 6.07) is 5.24. The Labute approximate surface area is 124 Å². The van der Waals surface area contributed by atoms with Crippen LogP contribution in [0.5, 0.6) is 5.75 Å². The Morgan fingerprint density at radius 2 is 2.05 bits per heavy atom. The number of nitrogen functional groups attached to an aromatic ring is 1. The minimum absolute atomic E-state index is 0.0678. The highest BCUT2D eigenvalue weighted by molar-refractivity contribution is 6.08. The summed E-state index contributed by atoms with van der Waals surface area (Å²) in [4.78, 5) is 26.0. The van der Waals surface area contributed by atoms with Crippen LogP contribution < -0.4 is 20.7 Å². The third-order valence-electron chi connectivity index (χ3n) is 3.96. The number of rotatable bonds is 4. The predicted molar refractivity (Wildman–Crippen MR) is 81.2 cm³/mol. The number of carbonyl (C=O) groups is 2. The van der Waals surface area contributed by atoms with Gasteiger partial charge in [-0.1, -0.05) is 19.9 Å². The standard InChI is InChI=1S/C15H21N3O3/c1-4-15(5-2)14(20)18(9-12(19)17-3)13-10(16)7-6-8-11(13)21-15/h6-8H,4-5,9,16H2,1-3H3,(H,17,19). The molecule has 0 bridgehead atoms. The van der Waals surface area contributed by atoms with Gasteiger partial charge in [-0.25, -0.2) is 0 Å². The highest BCUT2D eigenvalue weighted by atomic mass is 16.5. The average molecular weight is 291 g/mol. The molecule has 2 rings (SSSR count). The van der Waals surface area contributed by atoms with Crippen LogP contribution in [-0.4, -0.2) is 31.0 Å². The molecule has 0 fully saturated rings. The molecule has 6 heteroatoms. The van der Waals surface area contributed by atoms with Crippen LogP contribution in [0.3, 0.4) is 0 Å². The molecule has 0 unspecified atom stereocenters. The molecule has 0 aliphatic carbocycles. The van der Waals surface area contributed by atoms with Crippen molar-refractivity contribution in [3.05, 3.63) is 18.2 Å². The largest absolute Gasteiger partial charge is 0.475 e. The van der Waals surface area contributed by atoms with E-state index in [1.807, 2.05) is 13.8 Å². The minimum Gasteiger partial charge on any atom is -0.475 e. The molecule has 3 N–H and O–H groups in total. The fraction of sp³-hybridized carbons (Fsp3) is 0.467. The lowest BCUT2D eigenvalue weighted by Gasteiger charge is -2.42. The van der Waals surface area contributed by atoms with Gasteiger partial charge in [-0.2, -0.15) is 0 Å². The number of carbonyl (C=O) groups excluding carboxylic acids is 2. The van der Waals surface area contributed by atoms with E-state index in [-0.39, 0.29) is 18.4 Å². The summed E-state index contributed by atoms with van der Waals surface area (Å²) in [5.74, 6) is 0.0734. The Hall–Kier alpha value is -2.24. The number of fused-ring (bicyclic) bond motifs is 1. The van der Waals surface area contributed by atoms with Gasteiger partial charge in [0.1, 0.15) is 18.0 Å². The molecule has 0 saturated heterocycles. The number of amides is 2. The van der Waals surface area contributed by atoms with E-state index in [4.69, 9.17) is 10.5 Å². The van der Waals surface area contributed by atoms with Gasteiger partial charge in [0.2, 0.25) is 5.91 Å². The normalized spacial score (nSPS) is 16.1. The lowest BCUT2D eigenvalue weighted by atomic mass is 9.92. The number of anilines is 2. The topological polar surface area (TPSA) is 84.7 Å². The van der Waals surface area contributed by atoms with Crippen LogP contribution in [0.4, 0.5) is 11.4 Å². The average Bonchev–Trinajstić information content (AvgIpc) is 2.49. The van der Waals surface area contributed by atoms with Crippen molar-refractivity contribution in [2.45, 2.75) is 32.3 Å². The van der Waals surface area contributed by atoms with E-state index in [0.29, 0.717) is 30.0 Å².